The Morgan fingerprint density at radius 1 is 1.45 bits per heavy atom. The lowest BCUT2D eigenvalue weighted by Gasteiger charge is -2.06. The van der Waals surface area contributed by atoms with E-state index in [-0.39, 0.29) is 35.5 Å². The van der Waals surface area contributed by atoms with Gasteiger partial charge in [-0.2, -0.15) is 0 Å². The van der Waals surface area contributed by atoms with Crippen LogP contribution in [0.2, 0.25) is 5.02 Å². The minimum Gasteiger partial charge on any atom is -0.480 e. The number of nitrogens with one attached hydrogen (secondary N) is 1. The number of nitro groups is 1. The fraction of sp³-hybridized carbons (Fsp3) is 0.333. The smallest absolute Gasteiger partial charge is 0.329 e. The molecule has 0 heterocycles. The number of amides is 1. The van der Waals surface area contributed by atoms with Crippen LogP contribution in [0, 0.1) is 10.1 Å². The zero-order chi connectivity index (χ0) is 16.5. The second-order valence-electron chi connectivity index (χ2n) is 3.95. The summed E-state index contributed by atoms with van der Waals surface area (Å²) in [4.78, 5) is 32.4. The van der Waals surface area contributed by atoms with Crippen molar-refractivity contribution in [3.05, 3.63) is 33.3 Å². The van der Waals surface area contributed by atoms with Crippen molar-refractivity contribution in [1.29, 1.82) is 0 Å². The Balaban J connectivity index is 2.38. The summed E-state index contributed by atoms with van der Waals surface area (Å²) in [6, 6.07) is 4.21. The average Bonchev–Trinajstić information content (AvgIpc) is 2.45. The van der Waals surface area contributed by atoms with E-state index >= 15 is 0 Å². The molecule has 1 rings (SSSR count). The second-order valence-corrected chi connectivity index (χ2v) is 5.41. The predicted octanol–water partition coefficient (Wildman–Crippen LogP) is 1.56. The van der Waals surface area contributed by atoms with E-state index in [1.54, 1.807) is 0 Å². The number of hydrogen-bond donors (Lipinski definition) is 2. The number of carbonyl (C=O) groups excluding carboxylic acids is 1. The highest BCUT2D eigenvalue weighted by atomic mass is 35.5. The molecule has 120 valence electrons. The van der Waals surface area contributed by atoms with Crippen LogP contribution in [0.5, 0.6) is 0 Å². The summed E-state index contributed by atoms with van der Waals surface area (Å²) in [7, 11) is 0. The molecule has 0 unspecified atom stereocenters. The molecule has 0 bridgehead atoms. The van der Waals surface area contributed by atoms with Crippen molar-refractivity contribution in [3.63, 3.8) is 0 Å². The van der Waals surface area contributed by atoms with Gasteiger partial charge in [0, 0.05) is 17.6 Å². The van der Waals surface area contributed by atoms with Gasteiger partial charge in [0.15, 0.2) is 0 Å². The van der Waals surface area contributed by atoms with E-state index in [4.69, 9.17) is 21.4 Å². The van der Waals surface area contributed by atoms with Gasteiger partial charge < -0.3 is 15.2 Å². The number of nitrogens with zero attached hydrogens (tertiary/aromatic N) is 1. The fourth-order valence-corrected chi connectivity index (χ4v) is 2.37. The summed E-state index contributed by atoms with van der Waals surface area (Å²) < 4.78 is 4.75. The summed E-state index contributed by atoms with van der Waals surface area (Å²) in [5, 5.41) is 22.0. The molecule has 0 radical (unpaired) electrons. The van der Waals surface area contributed by atoms with Crippen molar-refractivity contribution in [2.45, 2.75) is 4.90 Å². The lowest BCUT2D eigenvalue weighted by Crippen LogP contribution is -2.29. The summed E-state index contributed by atoms with van der Waals surface area (Å²) >= 11 is 6.71. The molecule has 0 aliphatic heterocycles. The van der Waals surface area contributed by atoms with E-state index in [1.165, 1.54) is 18.2 Å². The number of ether oxygens (including phenoxy) is 1. The van der Waals surface area contributed by atoms with E-state index in [0.29, 0.717) is 4.90 Å². The van der Waals surface area contributed by atoms with Crippen molar-refractivity contribution in [2.75, 3.05) is 25.5 Å². The number of carboxylic acid groups (broad SMARTS) is 1. The van der Waals surface area contributed by atoms with Crippen molar-refractivity contribution in [3.8, 4) is 0 Å². The number of thioether (sulfide) groups is 1. The molecule has 0 aromatic heterocycles. The van der Waals surface area contributed by atoms with Gasteiger partial charge in [-0.05, 0) is 12.1 Å². The summed E-state index contributed by atoms with van der Waals surface area (Å²) in [6.07, 6.45) is 0. The zero-order valence-electron chi connectivity index (χ0n) is 11.3. The van der Waals surface area contributed by atoms with Crippen LogP contribution in [0.4, 0.5) is 5.69 Å². The van der Waals surface area contributed by atoms with Crippen LogP contribution in [0.15, 0.2) is 23.1 Å². The maximum Gasteiger partial charge on any atom is 0.329 e. The van der Waals surface area contributed by atoms with E-state index in [0.717, 1.165) is 11.8 Å². The number of carbonyl (C=O) groups is 2. The SMILES string of the molecule is O=C(O)COCCNC(=O)CSc1ccc(Cl)cc1[N+](=O)[O-]. The highest BCUT2D eigenvalue weighted by Crippen LogP contribution is 2.31. The summed E-state index contributed by atoms with van der Waals surface area (Å²) in [5.41, 5.74) is -0.157. The molecular weight excluding hydrogens is 336 g/mol. The minimum atomic E-state index is -1.09. The van der Waals surface area contributed by atoms with Crippen LogP contribution >= 0.6 is 23.4 Å². The third-order valence-corrected chi connectivity index (χ3v) is 3.57. The molecule has 0 fully saturated rings. The summed E-state index contributed by atoms with van der Waals surface area (Å²) in [5.74, 6) is -1.44. The number of hydrogen-bond acceptors (Lipinski definition) is 6. The Morgan fingerprint density at radius 3 is 2.82 bits per heavy atom. The Bertz CT molecular complexity index is 569. The molecule has 0 aliphatic rings. The molecule has 0 spiro atoms. The molecule has 2 N–H and O–H groups in total. The first kappa shape index (κ1) is 18.2. The number of benzene rings is 1. The number of carboxylic acids is 1. The van der Waals surface area contributed by atoms with Gasteiger partial charge in [-0.15, -0.1) is 11.8 Å². The molecule has 1 aromatic carbocycles. The second kappa shape index (κ2) is 9.23. The number of rotatable bonds is 9. The van der Waals surface area contributed by atoms with Crippen molar-refractivity contribution < 1.29 is 24.4 Å². The van der Waals surface area contributed by atoms with Gasteiger partial charge in [0.2, 0.25) is 5.91 Å². The van der Waals surface area contributed by atoms with Gasteiger partial charge in [0.1, 0.15) is 6.61 Å². The van der Waals surface area contributed by atoms with Crippen LogP contribution in [-0.4, -0.2) is 47.4 Å². The number of nitro benzene ring substituents is 1. The number of aliphatic carboxylic acids is 1. The largest absolute Gasteiger partial charge is 0.480 e. The van der Waals surface area contributed by atoms with Crippen molar-refractivity contribution in [2.24, 2.45) is 0 Å². The lowest BCUT2D eigenvalue weighted by atomic mass is 10.3. The maximum atomic E-state index is 11.6. The molecule has 8 nitrogen and oxygen atoms in total. The van der Waals surface area contributed by atoms with Gasteiger partial charge in [0.05, 0.1) is 22.2 Å². The van der Waals surface area contributed by atoms with E-state index in [2.05, 4.69) is 5.32 Å². The highest BCUT2D eigenvalue weighted by Gasteiger charge is 2.15. The standard InChI is InChI=1S/C12H13ClN2O6S/c13-8-1-2-10(9(5-8)15(19)20)22-7-11(16)14-3-4-21-6-12(17)18/h1-2,5H,3-4,6-7H2,(H,14,16)(H,17,18). The Kier molecular flexibility index (Phi) is 7.64. The van der Waals surface area contributed by atoms with Crippen LogP contribution in [-0.2, 0) is 14.3 Å². The fourth-order valence-electron chi connectivity index (χ4n) is 1.37. The lowest BCUT2D eigenvalue weighted by molar-refractivity contribution is -0.387. The molecule has 10 heteroatoms. The first-order chi connectivity index (χ1) is 10.4. The summed E-state index contributed by atoms with van der Waals surface area (Å²) in [6.45, 7) is -0.194. The molecule has 1 amide bonds. The Labute approximate surface area is 134 Å². The zero-order valence-corrected chi connectivity index (χ0v) is 12.9. The molecule has 0 atom stereocenters. The molecule has 22 heavy (non-hydrogen) atoms. The molecule has 0 saturated carbocycles. The van der Waals surface area contributed by atoms with Gasteiger partial charge >= 0.3 is 5.97 Å². The maximum absolute atomic E-state index is 11.6. The molecule has 0 aliphatic carbocycles. The molecule has 1 aromatic rings. The number of halogens is 1. The van der Waals surface area contributed by atoms with E-state index in [9.17, 15) is 19.7 Å². The monoisotopic (exact) mass is 348 g/mol. The molecule has 0 saturated heterocycles. The quantitative estimate of drug-likeness (QED) is 0.301. The van der Waals surface area contributed by atoms with Crippen molar-refractivity contribution in [1.82, 2.24) is 5.32 Å². The highest BCUT2D eigenvalue weighted by molar-refractivity contribution is 8.00. The minimum absolute atomic E-state index is 0.0125. The average molecular weight is 349 g/mol. The first-order valence-corrected chi connectivity index (χ1v) is 7.39. The van der Waals surface area contributed by atoms with Gasteiger partial charge in [-0.1, -0.05) is 11.6 Å². The molecular formula is C12H13ClN2O6S. The normalized spacial score (nSPS) is 10.2. The topological polar surface area (TPSA) is 119 Å². The van der Waals surface area contributed by atoms with Crippen LogP contribution in [0.3, 0.4) is 0 Å². The Hall–Kier alpha value is -1.84. The third kappa shape index (κ3) is 6.74. The Morgan fingerprint density at radius 2 is 2.18 bits per heavy atom. The first-order valence-electron chi connectivity index (χ1n) is 6.03. The van der Waals surface area contributed by atoms with Gasteiger partial charge in [-0.3, -0.25) is 14.9 Å². The van der Waals surface area contributed by atoms with E-state index < -0.39 is 17.5 Å². The van der Waals surface area contributed by atoms with Crippen molar-refractivity contribution >= 4 is 40.9 Å². The van der Waals surface area contributed by atoms with Crippen LogP contribution < -0.4 is 5.32 Å². The predicted molar refractivity (Wildman–Crippen MR) is 80.3 cm³/mol. The van der Waals surface area contributed by atoms with Gasteiger partial charge in [0.25, 0.3) is 5.69 Å². The van der Waals surface area contributed by atoms with Crippen LogP contribution in [0.1, 0.15) is 0 Å². The van der Waals surface area contributed by atoms with Gasteiger partial charge in [-0.25, -0.2) is 4.79 Å². The van der Waals surface area contributed by atoms with Crippen LogP contribution in [0.25, 0.3) is 0 Å². The van der Waals surface area contributed by atoms with E-state index in [1.807, 2.05) is 0 Å². The third-order valence-electron chi connectivity index (χ3n) is 2.27.